The van der Waals surface area contributed by atoms with Crippen LogP contribution < -0.4 is 5.73 Å². The number of hydrogen-bond donors (Lipinski definition) is 1. The highest BCUT2D eigenvalue weighted by molar-refractivity contribution is 6.02. The van der Waals surface area contributed by atoms with Gasteiger partial charge in [-0.25, -0.2) is 9.97 Å². The van der Waals surface area contributed by atoms with Gasteiger partial charge in [0, 0.05) is 6.42 Å². The summed E-state index contributed by atoms with van der Waals surface area (Å²) in [6.45, 7) is 8.41. The zero-order valence-electron chi connectivity index (χ0n) is 14.2. The van der Waals surface area contributed by atoms with Gasteiger partial charge in [-0.3, -0.25) is 4.79 Å². The van der Waals surface area contributed by atoms with Crippen molar-refractivity contribution in [1.82, 2.24) is 9.97 Å². The first-order valence-corrected chi connectivity index (χ1v) is 8.02. The number of aromatic nitrogens is 2. The number of nitrogens with zero attached hydrogens (tertiary/aromatic N) is 2. The van der Waals surface area contributed by atoms with Gasteiger partial charge in [0.05, 0.1) is 11.3 Å². The van der Waals surface area contributed by atoms with Gasteiger partial charge in [0.25, 0.3) is 0 Å². The number of fused-ring (bicyclic) bond motifs is 1. The summed E-state index contributed by atoms with van der Waals surface area (Å²) < 4.78 is 0. The normalized spacial score (nSPS) is 17.9. The molecule has 0 aliphatic heterocycles. The van der Waals surface area contributed by atoms with Gasteiger partial charge in [-0.1, -0.05) is 45.0 Å². The summed E-state index contributed by atoms with van der Waals surface area (Å²) in [5.74, 6) is 1.16. The zero-order chi connectivity index (χ0) is 16.8. The summed E-state index contributed by atoms with van der Waals surface area (Å²) in [4.78, 5) is 21.0. The Hall–Kier alpha value is -2.23. The summed E-state index contributed by atoms with van der Waals surface area (Å²) in [6, 6.07) is 8.60. The van der Waals surface area contributed by atoms with Crippen molar-refractivity contribution in [2.75, 3.05) is 5.73 Å². The molecule has 0 fully saturated rings. The van der Waals surface area contributed by atoms with Crippen LogP contribution in [-0.2, 0) is 11.8 Å². The van der Waals surface area contributed by atoms with E-state index in [4.69, 9.17) is 5.73 Å². The van der Waals surface area contributed by atoms with Crippen LogP contribution >= 0.6 is 0 Å². The lowest BCUT2D eigenvalue weighted by molar-refractivity contribution is 0.0963. The minimum absolute atomic E-state index is 0.0497. The third kappa shape index (κ3) is 2.98. The summed E-state index contributed by atoms with van der Waals surface area (Å²) in [5, 5.41) is 0. The predicted octanol–water partition coefficient (Wildman–Crippen LogP) is 3.58. The van der Waals surface area contributed by atoms with Crippen LogP contribution in [0, 0.1) is 6.92 Å². The molecule has 1 aliphatic carbocycles. The van der Waals surface area contributed by atoms with Crippen molar-refractivity contribution in [3.63, 3.8) is 0 Å². The quantitative estimate of drug-likeness (QED) is 0.874. The number of nitrogens with two attached hydrogens (primary N) is 1. The van der Waals surface area contributed by atoms with Crippen molar-refractivity contribution in [1.29, 1.82) is 0 Å². The average Bonchev–Trinajstić information content (AvgIpc) is 2.45. The number of carbonyl (C=O) groups excluding carboxylic acids is 1. The minimum atomic E-state index is 0.0497. The summed E-state index contributed by atoms with van der Waals surface area (Å²) in [6.07, 6.45) is 1.21. The van der Waals surface area contributed by atoms with Gasteiger partial charge in [0.2, 0.25) is 0 Å². The number of aryl methyl sites for hydroxylation is 1. The first kappa shape index (κ1) is 15.7. The van der Waals surface area contributed by atoms with Gasteiger partial charge < -0.3 is 5.73 Å². The number of nitrogen functional groups attached to an aromatic ring is 1. The Balaban J connectivity index is 1.93. The molecule has 1 aromatic carbocycles. The number of benzene rings is 1. The van der Waals surface area contributed by atoms with E-state index in [1.54, 1.807) is 0 Å². The van der Waals surface area contributed by atoms with E-state index in [0.717, 1.165) is 12.1 Å². The Bertz CT molecular complexity index is 757. The highest BCUT2D eigenvalue weighted by atomic mass is 16.1. The Labute approximate surface area is 137 Å². The highest BCUT2D eigenvalue weighted by Crippen LogP contribution is 2.34. The van der Waals surface area contributed by atoms with E-state index in [1.165, 1.54) is 11.1 Å². The maximum Gasteiger partial charge on any atom is 0.169 e. The summed E-state index contributed by atoms with van der Waals surface area (Å²) in [7, 11) is 0. The zero-order valence-corrected chi connectivity index (χ0v) is 14.2. The molecule has 4 heteroatoms. The van der Waals surface area contributed by atoms with E-state index < -0.39 is 0 Å². The molecule has 0 saturated heterocycles. The summed E-state index contributed by atoms with van der Waals surface area (Å²) >= 11 is 0. The molecule has 4 nitrogen and oxygen atoms in total. The molecule has 0 bridgehead atoms. The lowest BCUT2D eigenvalue weighted by atomic mass is 9.80. The van der Waals surface area contributed by atoms with Crippen LogP contribution in [0.3, 0.4) is 0 Å². The molecule has 1 heterocycles. The molecule has 3 rings (SSSR count). The number of hydrogen-bond acceptors (Lipinski definition) is 4. The average molecular weight is 309 g/mol. The topological polar surface area (TPSA) is 68.9 Å². The van der Waals surface area contributed by atoms with Gasteiger partial charge in [0.1, 0.15) is 11.6 Å². The van der Waals surface area contributed by atoms with Crippen molar-refractivity contribution < 1.29 is 4.79 Å². The number of Topliss-reactive ketones (excluding diaryl/α,β-unsaturated/α-hetero) is 1. The fourth-order valence-electron chi connectivity index (χ4n) is 3.23. The number of rotatable bonds is 1. The van der Waals surface area contributed by atoms with Crippen LogP contribution in [0.5, 0.6) is 0 Å². The van der Waals surface area contributed by atoms with E-state index in [0.29, 0.717) is 23.6 Å². The molecular formula is C19H23N3O. The van der Waals surface area contributed by atoms with Crippen molar-refractivity contribution in [2.45, 2.75) is 51.9 Å². The van der Waals surface area contributed by atoms with Crippen molar-refractivity contribution >= 4 is 11.6 Å². The molecule has 23 heavy (non-hydrogen) atoms. The minimum Gasteiger partial charge on any atom is -0.383 e. The first-order valence-electron chi connectivity index (χ1n) is 8.02. The molecule has 2 N–H and O–H groups in total. The first-order chi connectivity index (χ1) is 10.8. The third-order valence-corrected chi connectivity index (χ3v) is 4.52. The van der Waals surface area contributed by atoms with Crippen LogP contribution in [0.1, 0.15) is 66.1 Å². The van der Waals surface area contributed by atoms with Crippen LogP contribution in [0.4, 0.5) is 5.82 Å². The predicted molar refractivity (Wildman–Crippen MR) is 91.7 cm³/mol. The number of ketones is 1. The molecule has 0 unspecified atom stereocenters. The second-order valence-corrected chi connectivity index (χ2v) is 7.38. The molecule has 0 spiro atoms. The molecule has 0 radical (unpaired) electrons. The van der Waals surface area contributed by atoms with E-state index in [9.17, 15) is 4.79 Å². The van der Waals surface area contributed by atoms with E-state index in [2.05, 4.69) is 55.0 Å². The van der Waals surface area contributed by atoms with Crippen molar-refractivity contribution in [3.8, 4) is 0 Å². The van der Waals surface area contributed by atoms with Crippen molar-refractivity contribution in [3.05, 3.63) is 52.5 Å². The van der Waals surface area contributed by atoms with Gasteiger partial charge in [-0.15, -0.1) is 0 Å². The summed E-state index contributed by atoms with van der Waals surface area (Å²) in [5.41, 5.74) is 9.84. The third-order valence-electron chi connectivity index (χ3n) is 4.52. The molecule has 1 atom stereocenters. The van der Waals surface area contributed by atoms with Crippen LogP contribution in [0.15, 0.2) is 24.3 Å². The van der Waals surface area contributed by atoms with E-state index in [1.807, 2.05) is 6.92 Å². The monoisotopic (exact) mass is 309 g/mol. The van der Waals surface area contributed by atoms with Crippen LogP contribution in [0.25, 0.3) is 0 Å². The van der Waals surface area contributed by atoms with Gasteiger partial charge in [0.15, 0.2) is 5.78 Å². The lowest BCUT2D eigenvalue weighted by Gasteiger charge is -2.25. The molecule has 1 aliphatic rings. The largest absolute Gasteiger partial charge is 0.383 e. The van der Waals surface area contributed by atoms with Crippen LogP contribution in [0.2, 0.25) is 0 Å². The maximum absolute atomic E-state index is 12.5. The molecule has 2 aromatic rings. The lowest BCUT2D eigenvalue weighted by Crippen LogP contribution is -2.23. The van der Waals surface area contributed by atoms with Gasteiger partial charge in [-0.05, 0) is 35.8 Å². The Morgan fingerprint density at radius 1 is 1.09 bits per heavy atom. The van der Waals surface area contributed by atoms with Gasteiger partial charge in [-0.2, -0.15) is 0 Å². The van der Waals surface area contributed by atoms with Crippen LogP contribution in [-0.4, -0.2) is 15.8 Å². The smallest absolute Gasteiger partial charge is 0.169 e. The number of anilines is 1. The van der Waals surface area contributed by atoms with E-state index in [-0.39, 0.29) is 17.1 Å². The standard InChI is InChI=1S/C19H23N3O/c1-11-21-15-9-13(10-16(23)17(15)18(20)22-11)12-5-7-14(8-6-12)19(2,3)4/h5-8,13H,9-10H2,1-4H3,(H2,20,21,22)/t13-/m1/s1. The maximum atomic E-state index is 12.5. The SMILES string of the molecule is Cc1nc(N)c2c(n1)C[C@@H](c1ccc(C(C)(C)C)cc1)CC2=O. The molecular weight excluding hydrogens is 286 g/mol. The van der Waals surface area contributed by atoms with Gasteiger partial charge >= 0.3 is 0 Å². The Morgan fingerprint density at radius 2 is 1.74 bits per heavy atom. The fourth-order valence-corrected chi connectivity index (χ4v) is 3.23. The Morgan fingerprint density at radius 3 is 2.35 bits per heavy atom. The van der Waals surface area contributed by atoms with E-state index >= 15 is 0 Å². The fraction of sp³-hybridized carbons (Fsp3) is 0.421. The van der Waals surface area contributed by atoms with Crippen molar-refractivity contribution in [2.24, 2.45) is 0 Å². The molecule has 0 amide bonds. The Kier molecular flexibility index (Phi) is 3.71. The number of carbonyl (C=O) groups is 1. The second kappa shape index (κ2) is 5.44. The highest BCUT2D eigenvalue weighted by Gasteiger charge is 2.30. The molecule has 120 valence electrons. The molecule has 0 saturated carbocycles. The molecule has 1 aromatic heterocycles. The second-order valence-electron chi connectivity index (χ2n) is 7.38.